The van der Waals surface area contributed by atoms with Crippen LogP contribution in [0.3, 0.4) is 0 Å². The lowest BCUT2D eigenvalue weighted by atomic mass is 9.98. The van der Waals surface area contributed by atoms with Crippen molar-refractivity contribution >= 4 is 28.9 Å². The fraction of sp³-hybridized carbons (Fsp3) is 0.500. The molecule has 1 aromatic carbocycles. The average Bonchev–Trinajstić information content (AvgIpc) is 3.18. The van der Waals surface area contributed by atoms with Gasteiger partial charge in [0.1, 0.15) is 23.5 Å². The molecule has 9 heteroatoms. The molecule has 0 aliphatic carbocycles. The quantitative estimate of drug-likeness (QED) is 0.506. The molecule has 35 heavy (non-hydrogen) atoms. The number of carbonyl (C=O) groups is 2. The van der Waals surface area contributed by atoms with Gasteiger partial charge >= 0.3 is 5.97 Å². The molecule has 0 radical (unpaired) electrons. The highest BCUT2D eigenvalue weighted by Gasteiger charge is 2.28. The maximum atomic E-state index is 13.4. The molecule has 1 N–H and O–H groups in total. The number of cyclic esters (lactones) is 1. The van der Waals surface area contributed by atoms with E-state index in [0.717, 1.165) is 5.52 Å². The Kier molecular flexibility index (Phi) is 8.82. The molecular weight excluding hydrogens is 452 g/mol. The number of hydrogen-bond acceptors (Lipinski definition) is 8. The van der Waals surface area contributed by atoms with Crippen LogP contribution < -0.4 is 4.74 Å². The first-order chi connectivity index (χ1) is 16.6. The summed E-state index contributed by atoms with van der Waals surface area (Å²) in [5, 5.41) is 10.7. The van der Waals surface area contributed by atoms with Crippen molar-refractivity contribution in [2.24, 2.45) is 13.0 Å². The molecule has 1 aromatic heterocycles. The van der Waals surface area contributed by atoms with Crippen LogP contribution in [0.2, 0.25) is 0 Å². The third kappa shape index (κ3) is 6.17. The molecule has 9 nitrogen and oxygen atoms in total. The summed E-state index contributed by atoms with van der Waals surface area (Å²) in [5.74, 6) is -1.02. The number of hydrogen-bond donors (Lipinski definition) is 1. The largest absolute Gasteiger partial charge is 0.467 e. The zero-order valence-corrected chi connectivity index (χ0v) is 21.1. The van der Waals surface area contributed by atoms with Gasteiger partial charge in [0, 0.05) is 31.7 Å². The van der Waals surface area contributed by atoms with Gasteiger partial charge in [-0.1, -0.05) is 25.2 Å². The Morgan fingerprint density at radius 3 is 2.69 bits per heavy atom. The predicted molar refractivity (Wildman–Crippen MR) is 131 cm³/mol. The van der Waals surface area contributed by atoms with Gasteiger partial charge in [0.05, 0.1) is 29.6 Å². The van der Waals surface area contributed by atoms with Crippen molar-refractivity contribution in [1.29, 1.82) is 0 Å². The lowest BCUT2D eigenvalue weighted by molar-refractivity contribution is -0.133. The first-order valence-electron chi connectivity index (χ1n) is 11.7. The van der Waals surface area contributed by atoms with E-state index >= 15 is 0 Å². The monoisotopic (exact) mass is 486 g/mol. The van der Waals surface area contributed by atoms with Gasteiger partial charge in [-0.05, 0) is 33.3 Å². The van der Waals surface area contributed by atoms with E-state index < -0.39 is 30.1 Å². The van der Waals surface area contributed by atoms with Gasteiger partial charge in [-0.25, -0.2) is 9.78 Å². The van der Waals surface area contributed by atoms with Gasteiger partial charge < -0.3 is 28.6 Å². The summed E-state index contributed by atoms with van der Waals surface area (Å²) in [6.45, 7) is 7.20. The van der Waals surface area contributed by atoms with Crippen LogP contribution in [0.15, 0.2) is 30.6 Å². The third-order valence-electron chi connectivity index (χ3n) is 5.90. The van der Waals surface area contributed by atoms with Gasteiger partial charge in [-0.2, -0.15) is 0 Å². The van der Waals surface area contributed by atoms with E-state index in [0.29, 0.717) is 16.8 Å². The van der Waals surface area contributed by atoms with Crippen LogP contribution in [-0.4, -0.2) is 64.7 Å². The van der Waals surface area contributed by atoms with Crippen LogP contribution in [-0.2, 0) is 26.1 Å². The van der Waals surface area contributed by atoms with Crippen LogP contribution in [0.25, 0.3) is 17.1 Å². The minimum atomic E-state index is -1.34. The van der Waals surface area contributed by atoms with Crippen LogP contribution in [0.1, 0.15) is 50.0 Å². The van der Waals surface area contributed by atoms with Crippen molar-refractivity contribution < 1.29 is 33.6 Å². The highest BCUT2D eigenvalue weighted by atomic mass is 16.7. The molecule has 4 atom stereocenters. The number of aliphatic hydroxyl groups is 1. The Morgan fingerprint density at radius 1 is 1.26 bits per heavy atom. The van der Waals surface area contributed by atoms with Crippen molar-refractivity contribution in [3.8, 4) is 5.75 Å². The number of benzene rings is 1. The highest BCUT2D eigenvalue weighted by molar-refractivity contribution is 6.04. The number of ether oxygens (including phenoxy) is 4. The zero-order chi connectivity index (χ0) is 25.7. The molecule has 3 rings (SSSR count). The summed E-state index contributed by atoms with van der Waals surface area (Å²) in [6, 6.07) is 1.74. The van der Waals surface area contributed by atoms with Crippen molar-refractivity contribution in [2.45, 2.75) is 58.5 Å². The first kappa shape index (κ1) is 26.6. The second kappa shape index (κ2) is 11.6. The van der Waals surface area contributed by atoms with Gasteiger partial charge in [0.15, 0.2) is 12.6 Å². The summed E-state index contributed by atoms with van der Waals surface area (Å²) in [5.41, 5.74) is 2.08. The van der Waals surface area contributed by atoms with Crippen molar-refractivity contribution in [2.75, 3.05) is 13.9 Å². The van der Waals surface area contributed by atoms with E-state index in [-0.39, 0.29) is 30.8 Å². The summed E-state index contributed by atoms with van der Waals surface area (Å²) in [6.07, 6.45) is 5.47. The Morgan fingerprint density at radius 2 is 2.00 bits per heavy atom. The highest BCUT2D eigenvalue weighted by Crippen LogP contribution is 2.33. The van der Waals surface area contributed by atoms with E-state index in [1.807, 2.05) is 32.4 Å². The molecule has 0 saturated heterocycles. The number of aryl methyl sites for hydroxylation is 1. The second-order valence-electron chi connectivity index (χ2n) is 8.97. The smallest absolute Gasteiger partial charge is 0.342 e. The number of aliphatic hydroxyl groups excluding tert-OH is 1. The molecule has 0 spiro atoms. The molecule has 0 fully saturated rings. The fourth-order valence-electron chi connectivity index (χ4n) is 3.82. The molecule has 1 aliphatic rings. The number of nitrogens with zero attached hydrogens (tertiary/aromatic N) is 2. The number of rotatable bonds is 5. The SMILES string of the molecule is COCOc1cc2c(ncn2C)c2c1C(=O)O[C@@H](C)[C@H](C)/C=C\C(=O)[C@@H](O)[C@@H](OC(C)C)CC=C2. The van der Waals surface area contributed by atoms with Crippen molar-refractivity contribution in [3.05, 3.63) is 41.7 Å². The molecule has 0 unspecified atom stereocenters. The van der Waals surface area contributed by atoms with Gasteiger partial charge in [0.25, 0.3) is 0 Å². The lowest BCUT2D eigenvalue weighted by Gasteiger charge is -2.24. The van der Waals surface area contributed by atoms with Gasteiger partial charge in [-0.3, -0.25) is 4.79 Å². The van der Waals surface area contributed by atoms with Crippen LogP contribution in [0.5, 0.6) is 5.75 Å². The maximum absolute atomic E-state index is 13.4. The molecule has 2 heterocycles. The summed E-state index contributed by atoms with van der Waals surface area (Å²) < 4.78 is 24.3. The molecule has 190 valence electrons. The number of carbonyl (C=O) groups excluding carboxylic acids is 2. The van der Waals surface area contributed by atoms with E-state index in [1.54, 1.807) is 37.5 Å². The van der Waals surface area contributed by atoms with Crippen LogP contribution in [0, 0.1) is 5.92 Å². The van der Waals surface area contributed by atoms with E-state index in [2.05, 4.69) is 4.98 Å². The van der Waals surface area contributed by atoms with E-state index in [4.69, 9.17) is 18.9 Å². The summed E-state index contributed by atoms with van der Waals surface area (Å²) in [4.78, 5) is 30.5. The standard InChI is InChI=1S/C26H34N2O7/c1-15(2)34-21-9-7-8-18-23(22(33-14-32-6)12-19-24(18)27-13-28(19)5)26(31)35-17(4)16(3)10-11-20(29)25(21)30/h7-8,10-13,15-17,21,25,30H,9,14H2,1-6H3/b8-7?,11-10-/t16-,17+,21+,25-/m1/s1. The topological polar surface area (TPSA) is 109 Å². The molecule has 0 amide bonds. The maximum Gasteiger partial charge on any atom is 0.342 e. The van der Waals surface area contributed by atoms with E-state index in [1.165, 1.54) is 13.2 Å². The zero-order valence-electron chi connectivity index (χ0n) is 21.1. The fourth-order valence-corrected chi connectivity index (χ4v) is 3.82. The minimum absolute atomic E-state index is 0.0555. The van der Waals surface area contributed by atoms with Crippen molar-refractivity contribution in [3.63, 3.8) is 0 Å². The van der Waals surface area contributed by atoms with E-state index in [9.17, 15) is 14.7 Å². The molecule has 1 aliphatic heterocycles. The third-order valence-corrected chi connectivity index (χ3v) is 5.90. The minimum Gasteiger partial charge on any atom is -0.467 e. The second-order valence-corrected chi connectivity index (χ2v) is 8.97. The molecule has 0 bridgehead atoms. The Hall–Kier alpha value is -3.01. The predicted octanol–water partition coefficient (Wildman–Crippen LogP) is 3.43. The number of ketones is 1. The van der Waals surface area contributed by atoms with Gasteiger partial charge in [-0.15, -0.1) is 0 Å². The Bertz CT molecular complexity index is 1120. The lowest BCUT2D eigenvalue weighted by Crippen LogP contribution is -2.36. The average molecular weight is 487 g/mol. The number of esters is 1. The summed E-state index contributed by atoms with van der Waals surface area (Å²) >= 11 is 0. The Balaban J connectivity index is 2.19. The number of aromatic nitrogens is 2. The first-order valence-corrected chi connectivity index (χ1v) is 11.7. The number of methoxy groups -OCH3 is 1. The van der Waals surface area contributed by atoms with Crippen molar-refractivity contribution in [1.82, 2.24) is 9.55 Å². The molecule has 0 saturated carbocycles. The van der Waals surface area contributed by atoms with Crippen LogP contribution >= 0.6 is 0 Å². The number of imidazole rings is 1. The normalized spacial score (nSPS) is 24.8. The summed E-state index contributed by atoms with van der Waals surface area (Å²) in [7, 11) is 3.34. The number of fused-ring (bicyclic) bond motifs is 3. The Labute approximate surface area is 205 Å². The van der Waals surface area contributed by atoms with Crippen LogP contribution in [0.4, 0.5) is 0 Å². The molecular formula is C26H34N2O7. The van der Waals surface area contributed by atoms with Gasteiger partial charge in [0.2, 0.25) is 0 Å². The molecule has 2 aromatic rings.